The van der Waals surface area contributed by atoms with Crippen LogP contribution in [0.25, 0.3) is 0 Å². The maximum Gasteiger partial charge on any atom is 0.303 e. The Labute approximate surface area is 123 Å². The van der Waals surface area contributed by atoms with Crippen molar-refractivity contribution in [3.63, 3.8) is 0 Å². The fourth-order valence-corrected chi connectivity index (χ4v) is 1.98. The van der Waals surface area contributed by atoms with Crippen LogP contribution in [0.3, 0.4) is 0 Å². The molecule has 1 aromatic rings. The van der Waals surface area contributed by atoms with E-state index in [9.17, 15) is 9.59 Å². The van der Waals surface area contributed by atoms with Crippen molar-refractivity contribution in [2.45, 2.75) is 32.6 Å². The van der Waals surface area contributed by atoms with Crippen molar-refractivity contribution in [2.24, 2.45) is 5.92 Å². The summed E-state index contributed by atoms with van der Waals surface area (Å²) in [5, 5.41) is 11.9. The third-order valence-electron chi connectivity index (χ3n) is 3.14. The lowest BCUT2D eigenvalue weighted by atomic mass is 9.96. The fraction of sp³-hybridized carbons (Fsp3) is 0.500. The number of nitrogens with one attached hydrogen (secondary N) is 1. The third kappa shape index (κ3) is 6.02. The van der Waals surface area contributed by atoms with Gasteiger partial charge in [-0.3, -0.25) is 9.59 Å². The van der Waals surface area contributed by atoms with Crippen LogP contribution < -0.4 is 5.32 Å². The lowest BCUT2D eigenvalue weighted by Gasteiger charge is -2.13. The zero-order chi connectivity index (χ0) is 15.0. The van der Waals surface area contributed by atoms with Gasteiger partial charge in [0.15, 0.2) is 0 Å². The van der Waals surface area contributed by atoms with Crippen molar-refractivity contribution in [3.05, 3.63) is 29.0 Å². The molecule has 1 atom stereocenters. The second kappa shape index (κ2) is 8.53. The Bertz CT molecular complexity index is 448. The average Bonchev–Trinajstić information content (AvgIpc) is 2.42. The smallest absolute Gasteiger partial charge is 0.303 e. The van der Waals surface area contributed by atoms with E-state index in [1.165, 1.54) is 6.20 Å². The molecular weight excluding hydrogens is 280 g/mol. The molecule has 1 amide bonds. The molecule has 0 aliphatic rings. The van der Waals surface area contributed by atoms with Gasteiger partial charge in [-0.05, 0) is 30.9 Å². The lowest BCUT2D eigenvalue weighted by Crippen LogP contribution is -2.26. The fourth-order valence-electron chi connectivity index (χ4n) is 1.87. The van der Waals surface area contributed by atoms with Gasteiger partial charge in [0.2, 0.25) is 0 Å². The summed E-state index contributed by atoms with van der Waals surface area (Å²) in [5.41, 5.74) is 0.327. The Morgan fingerprint density at radius 1 is 1.40 bits per heavy atom. The first-order chi connectivity index (χ1) is 9.52. The Balaban J connectivity index is 2.33. The normalized spacial score (nSPS) is 11.9. The molecule has 5 nitrogen and oxygen atoms in total. The highest BCUT2D eigenvalue weighted by Gasteiger charge is 2.11. The maximum atomic E-state index is 11.8. The predicted molar refractivity (Wildman–Crippen MR) is 76.8 cm³/mol. The molecule has 6 heteroatoms. The first kappa shape index (κ1) is 16.4. The highest BCUT2D eigenvalue weighted by atomic mass is 35.5. The van der Waals surface area contributed by atoms with Gasteiger partial charge in [-0.25, -0.2) is 4.98 Å². The second-order valence-electron chi connectivity index (χ2n) is 4.61. The van der Waals surface area contributed by atoms with E-state index in [1.807, 2.05) is 6.92 Å². The van der Waals surface area contributed by atoms with Crippen molar-refractivity contribution in [2.75, 3.05) is 6.54 Å². The van der Waals surface area contributed by atoms with Gasteiger partial charge in [0, 0.05) is 19.2 Å². The summed E-state index contributed by atoms with van der Waals surface area (Å²) in [5.74, 6) is -0.711. The molecule has 110 valence electrons. The van der Waals surface area contributed by atoms with E-state index in [1.54, 1.807) is 12.1 Å². The molecule has 1 aromatic heterocycles. The number of carbonyl (C=O) groups is 2. The Morgan fingerprint density at radius 3 is 2.70 bits per heavy atom. The molecule has 0 bridgehead atoms. The molecule has 1 rings (SSSR count). The lowest BCUT2D eigenvalue weighted by molar-refractivity contribution is -0.137. The minimum Gasteiger partial charge on any atom is -0.481 e. The number of carbonyl (C=O) groups excluding carboxylic acids is 1. The molecule has 0 radical (unpaired) electrons. The number of pyridine rings is 1. The summed E-state index contributed by atoms with van der Waals surface area (Å²) >= 11 is 5.70. The first-order valence-corrected chi connectivity index (χ1v) is 7.02. The van der Waals surface area contributed by atoms with Crippen LogP contribution in [0, 0.1) is 5.92 Å². The van der Waals surface area contributed by atoms with E-state index in [-0.39, 0.29) is 12.3 Å². The summed E-state index contributed by atoms with van der Waals surface area (Å²) in [4.78, 5) is 26.2. The number of nitrogens with zero attached hydrogens (tertiary/aromatic N) is 1. The first-order valence-electron chi connectivity index (χ1n) is 6.64. The molecule has 2 N–H and O–H groups in total. The van der Waals surface area contributed by atoms with E-state index >= 15 is 0 Å². The van der Waals surface area contributed by atoms with E-state index in [2.05, 4.69) is 10.3 Å². The summed E-state index contributed by atoms with van der Waals surface area (Å²) in [6.45, 7) is 2.54. The van der Waals surface area contributed by atoms with Crippen LogP contribution in [-0.4, -0.2) is 28.5 Å². The van der Waals surface area contributed by atoms with Gasteiger partial charge in [-0.2, -0.15) is 0 Å². The van der Waals surface area contributed by atoms with Gasteiger partial charge in [0.25, 0.3) is 5.91 Å². The summed E-state index contributed by atoms with van der Waals surface area (Å²) < 4.78 is 0. The summed E-state index contributed by atoms with van der Waals surface area (Å²) in [7, 11) is 0. The molecular formula is C14H19ClN2O3. The Morgan fingerprint density at radius 2 is 2.15 bits per heavy atom. The van der Waals surface area contributed by atoms with E-state index < -0.39 is 5.97 Å². The predicted octanol–water partition coefficient (Wildman–Crippen LogP) is 2.75. The highest BCUT2D eigenvalue weighted by Crippen LogP contribution is 2.14. The molecule has 1 unspecified atom stereocenters. The zero-order valence-corrected chi connectivity index (χ0v) is 12.2. The van der Waals surface area contributed by atoms with Crippen LogP contribution in [0.4, 0.5) is 0 Å². The van der Waals surface area contributed by atoms with Crippen molar-refractivity contribution >= 4 is 23.5 Å². The topological polar surface area (TPSA) is 79.3 Å². The van der Waals surface area contributed by atoms with E-state index in [0.29, 0.717) is 29.6 Å². The van der Waals surface area contributed by atoms with Crippen LogP contribution in [0.15, 0.2) is 18.3 Å². The highest BCUT2D eigenvalue weighted by molar-refractivity contribution is 6.30. The molecule has 0 aliphatic carbocycles. The van der Waals surface area contributed by atoms with Crippen molar-refractivity contribution in [3.8, 4) is 0 Å². The van der Waals surface area contributed by atoms with Gasteiger partial charge in [0.05, 0.1) is 5.02 Å². The van der Waals surface area contributed by atoms with Gasteiger partial charge >= 0.3 is 5.97 Å². The number of aromatic nitrogens is 1. The maximum absolute atomic E-state index is 11.8. The number of carboxylic acid groups (broad SMARTS) is 1. The second-order valence-corrected chi connectivity index (χ2v) is 5.05. The monoisotopic (exact) mass is 298 g/mol. The number of hydrogen-bond donors (Lipinski definition) is 2. The van der Waals surface area contributed by atoms with Crippen LogP contribution in [0.1, 0.15) is 43.1 Å². The molecule has 0 aliphatic heterocycles. The van der Waals surface area contributed by atoms with Crippen molar-refractivity contribution in [1.82, 2.24) is 10.3 Å². The number of amides is 1. The number of halogens is 1. The van der Waals surface area contributed by atoms with E-state index in [0.717, 1.165) is 12.8 Å². The van der Waals surface area contributed by atoms with Crippen LogP contribution in [0.5, 0.6) is 0 Å². The minimum atomic E-state index is -0.780. The SMILES string of the molecule is CCC(CCNC(=O)c1ccc(Cl)cn1)CCC(=O)O. The van der Waals surface area contributed by atoms with Gasteiger partial charge in [-0.1, -0.05) is 24.9 Å². The number of carboxylic acids is 1. The summed E-state index contributed by atoms with van der Waals surface area (Å²) in [6.07, 6.45) is 3.91. The number of aliphatic carboxylic acids is 1. The average molecular weight is 299 g/mol. The van der Waals surface area contributed by atoms with Gasteiger partial charge in [0.1, 0.15) is 5.69 Å². The Kier molecular flexibility index (Phi) is 7.01. The molecule has 20 heavy (non-hydrogen) atoms. The van der Waals surface area contributed by atoms with Crippen molar-refractivity contribution in [1.29, 1.82) is 0 Å². The Hall–Kier alpha value is -1.62. The molecule has 0 saturated carbocycles. The van der Waals surface area contributed by atoms with Gasteiger partial charge in [-0.15, -0.1) is 0 Å². The largest absolute Gasteiger partial charge is 0.481 e. The quantitative estimate of drug-likeness (QED) is 0.773. The van der Waals surface area contributed by atoms with Crippen molar-refractivity contribution < 1.29 is 14.7 Å². The van der Waals surface area contributed by atoms with Crippen LogP contribution in [-0.2, 0) is 4.79 Å². The minimum absolute atomic E-state index is 0.172. The molecule has 0 fully saturated rings. The number of rotatable bonds is 8. The standard InChI is InChI=1S/C14H19ClN2O3/c1-2-10(3-6-13(18)19)7-8-16-14(20)12-5-4-11(15)9-17-12/h4-5,9-10H,2-3,6-8H2,1H3,(H,16,20)(H,18,19). The zero-order valence-electron chi connectivity index (χ0n) is 11.4. The summed E-state index contributed by atoms with van der Waals surface area (Å²) in [6, 6.07) is 3.19. The molecule has 0 saturated heterocycles. The van der Waals surface area contributed by atoms with Crippen LogP contribution in [0.2, 0.25) is 5.02 Å². The van der Waals surface area contributed by atoms with Gasteiger partial charge < -0.3 is 10.4 Å². The van der Waals surface area contributed by atoms with Crippen LogP contribution >= 0.6 is 11.6 Å². The molecule has 0 aromatic carbocycles. The van der Waals surface area contributed by atoms with E-state index in [4.69, 9.17) is 16.7 Å². The third-order valence-corrected chi connectivity index (χ3v) is 3.37. The number of hydrogen-bond acceptors (Lipinski definition) is 3. The molecule has 1 heterocycles. The molecule has 0 spiro atoms.